The minimum absolute atomic E-state index is 0.126. The molecule has 6 nitrogen and oxygen atoms in total. The average molecular weight is 215 g/mol. The Hall–Kier alpha value is -1.59. The molecule has 1 aliphatic heterocycles. The van der Waals surface area contributed by atoms with Crippen LogP contribution in [0.15, 0.2) is 0 Å². The minimum Gasteiger partial charge on any atom is -0.481 e. The van der Waals surface area contributed by atoms with Crippen LogP contribution in [-0.2, 0) is 9.59 Å². The smallest absolute Gasteiger partial charge is 0.407 e. The van der Waals surface area contributed by atoms with Gasteiger partial charge in [0, 0.05) is 19.0 Å². The molecule has 1 saturated heterocycles. The lowest BCUT2D eigenvalue weighted by molar-refractivity contribution is -0.141. The molecule has 0 aromatic carbocycles. The highest BCUT2D eigenvalue weighted by atomic mass is 16.4. The van der Waals surface area contributed by atoms with Crippen molar-refractivity contribution in [3.05, 3.63) is 0 Å². The summed E-state index contributed by atoms with van der Waals surface area (Å²) in [6, 6.07) is 0. The van der Waals surface area contributed by atoms with Crippen LogP contribution in [0.25, 0.3) is 0 Å². The van der Waals surface area contributed by atoms with E-state index in [1.165, 1.54) is 0 Å². The number of piperidine rings is 1. The van der Waals surface area contributed by atoms with E-state index in [4.69, 9.17) is 10.2 Å². The summed E-state index contributed by atoms with van der Waals surface area (Å²) in [6.45, 7) is 0.549. The molecular weight excluding hydrogens is 202 g/mol. The topological polar surface area (TPSA) is 94.9 Å². The number of carboxylic acids is 1. The molecule has 0 spiro atoms. The third-order valence-electron chi connectivity index (χ3n) is 2.47. The van der Waals surface area contributed by atoms with Crippen molar-refractivity contribution in [2.45, 2.75) is 19.3 Å². The van der Waals surface area contributed by atoms with Gasteiger partial charge in [-0.3, -0.25) is 9.59 Å². The first kappa shape index (κ1) is 11.5. The number of hydrogen-bond acceptors (Lipinski definition) is 3. The molecule has 1 rings (SSSR count). The maximum absolute atomic E-state index is 11.4. The average Bonchev–Trinajstić information content (AvgIpc) is 2.17. The Kier molecular flexibility index (Phi) is 3.65. The van der Waals surface area contributed by atoms with Gasteiger partial charge in [-0.2, -0.15) is 0 Å². The lowest BCUT2D eigenvalue weighted by Gasteiger charge is -2.29. The Balaban J connectivity index is 2.52. The predicted molar refractivity (Wildman–Crippen MR) is 49.6 cm³/mol. The zero-order valence-corrected chi connectivity index (χ0v) is 8.18. The minimum atomic E-state index is -1.16. The Morgan fingerprint density at radius 3 is 2.47 bits per heavy atom. The second-order valence-corrected chi connectivity index (χ2v) is 3.60. The highest BCUT2D eigenvalue weighted by molar-refractivity contribution is 5.96. The molecule has 1 amide bonds. The molecule has 15 heavy (non-hydrogen) atoms. The molecule has 1 heterocycles. The number of hydrogen-bond donors (Lipinski definition) is 2. The summed E-state index contributed by atoms with van der Waals surface area (Å²) in [7, 11) is 0. The largest absolute Gasteiger partial charge is 0.481 e. The fourth-order valence-electron chi connectivity index (χ4n) is 1.71. The van der Waals surface area contributed by atoms with E-state index in [2.05, 4.69) is 0 Å². The molecule has 0 aromatic rings. The van der Waals surface area contributed by atoms with E-state index < -0.39 is 24.4 Å². The van der Waals surface area contributed by atoms with Crippen LogP contribution in [0.1, 0.15) is 19.3 Å². The highest BCUT2D eigenvalue weighted by Crippen LogP contribution is 2.18. The molecular formula is C9H13NO5. The van der Waals surface area contributed by atoms with Gasteiger partial charge in [-0.25, -0.2) is 4.79 Å². The Bertz CT molecular complexity index is 288. The number of nitrogens with zero attached hydrogens (tertiary/aromatic N) is 1. The summed E-state index contributed by atoms with van der Waals surface area (Å²) in [5.74, 6) is -1.99. The predicted octanol–water partition coefficient (Wildman–Crippen LogP) is 0.420. The molecule has 84 valence electrons. The van der Waals surface area contributed by atoms with Gasteiger partial charge >= 0.3 is 12.1 Å². The van der Waals surface area contributed by atoms with E-state index in [9.17, 15) is 14.4 Å². The van der Waals surface area contributed by atoms with Gasteiger partial charge in [0.1, 0.15) is 12.2 Å². The highest BCUT2D eigenvalue weighted by Gasteiger charge is 2.28. The van der Waals surface area contributed by atoms with Crippen molar-refractivity contribution >= 4 is 17.8 Å². The Morgan fingerprint density at radius 2 is 1.93 bits per heavy atom. The summed E-state index contributed by atoms with van der Waals surface area (Å²) in [6.07, 6.45) is -0.376. The van der Waals surface area contributed by atoms with Crippen LogP contribution in [0.2, 0.25) is 0 Å². The van der Waals surface area contributed by atoms with Gasteiger partial charge in [0.15, 0.2) is 0 Å². The van der Waals surface area contributed by atoms with Gasteiger partial charge in [-0.15, -0.1) is 0 Å². The first-order chi connectivity index (χ1) is 7.00. The number of carbonyl (C=O) groups excluding carboxylic acids is 1. The van der Waals surface area contributed by atoms with Gasteiger partial charge in [0.05, 0.1) is 0 Å². The molecule has 0 radical (unpaired) electrons. The van der Waals surface area contributed by atoms with E-state index in [1.807, 2.05) is 0 Å². The van der Waals surface area contributed by atoms with Crippen LogP contribution >= 0.6 is 0 Å². The monoisotopic (exact) mass is 215 g/mol. The molecule has 2 N–H and O–H groups in total. The maximum atomic E-state index is 11.4. The van der Waals surface area contributed by atoms with Crippen molar-refractivity contribution in [2.24, 2.45) is 5.92 Å². The van der Waals surface area contributed by atoms with E-state index in [-0.39, 0.29) is 12.3 Å². The van der Waals surface area contributed by atoms with Crippen LogP contribution in [0, 0.1) is 5.92 Å². The summed E-state index contributed by atoms with van der Waals surface area (Å²) in [5, 5.41) is 17.2. The number of carbonyl (C=O) groups is 3. The number of rotatable bonds is 3. The van der Waals surface area contributed by atoms with Crippen LogP contribution in [0.3, 0.4) is 0 Å². The zero-order chi connectivity index (χ0) is 11.4. The van der Waals surface area contributed by atoms with Gasteiger partial charge in [-0.1, -0.05) is 0 Å². The molecule has 1 atom stereocenters. The standard InChI is InChI=1S/C9H13NO5/c11-7(4-8(12)13)6-2-1-3-10(5-6)9(14)15/h6H,1-5H2,(H,12,13)(H,14,15). The Morgan fingerprint density at radius 1 is 1.27 bits per heavy atom. The van der Waals surface area contributed by atoms with Crippen LogP contribution < -0.4 is 0 Å². The fourth-order valence-corrected chi connectivity index (χ4v) is 1.71. The third-order valence-corrected chi connectivity index (χ3v) is 2.47. The number of carboxylic acid groups (broad SMARTS) is 2. The molecule has 0 aliphatic carbocycles. The van der Waals surface area contributed by atoms with Gasteiger partial charge < -0.3 is 15.1 Å². The van der Waals surface area contributed by atoms with Crippen LogP contribution in [0.5, 0.6) is 0 Å². The second kappa shape index (κ2) is 4.77. The van der Waals surface area contributed by atoms with Crippen molar-refractivity contribution < 1.29 is 24.6 Å². The number of amides is 1. The molecule has 0 saturated carbocycles. The summed E-state index contributed by atoms with van der Waals surface area (Å²) in [5.41, 5.74) is 0. The van der Waals surface area contributed by atoms with E-state index in [0.29, 0.717) is 19.4 Å². The number of ketones is 1. The quantitative estimate of drug-likeness (QED) is 0.665. The van der Waals surface area contributed by atoms with Crippen LogP contribution in [-0.4, -0.2) is 46.0 Å². The van der Waals surface area contributed by atoms with E-state index >= 15 is 0 Å². The fraction of sp³-hybridized carbons (Fsp3) is 0.667. The van der Waals surface area contributed by atoms with Gasteiger partial charge in [0.25, 0.3) is 0 Å². The lowest BCUT2D eigenvalue weighted by atomic mass is 9.92. The normalized spacial score (nSPS) is 21.1. The van der Waals surface area contributed by atoms with E-state index in [0.717, 1.165) is 4.90 Å². The molecule has 1 unspecified atom stereocenters. The molecule has 0 bridgehead atoms. The van der Waals surface area contributed by atoms with Crippen LogP contribution in [0.4, 0.5) is 4.79 Å². The van der Waals surface area contributed by atoms with Crippen molar-refractivity contribution in [1.29, 1.82) is 0 Å². The molecule has 1 aliphatic rings. The number of aliphatic carboxylic acids is 1. The van der Waals surface area contributed by atoms with Crippen molar-refractivity contribution in [1.82, 2.24) is 4.90 Å². The number of Topliss-reactive ketones (excluding diaryl/α,β-unsaturated/α-hetero) is 1. The van der Waals surface area contributed by atoms with Gasteiger partial charge in [-0.05, 0) is 12.8 Å². The van der Waals surface area contributed by atoms with Gasteiger partial charge in [0.2, 0.25) is 0 Å². The second-order valence-electron chi connectivity index (χ2n) is 3.60. The van der Waals surface area contributed by atoms with Crippen molar-refractivity contribution in [3.8, 4) is 0 Å². The van der Waals surface area contributed by atoms with E-state index in [1.54, 1.807) is 0 Å². The maximum Gasteiger partial charge on any atom is 0.407 e. The van der Waals surface area contributed by atoms with Crippen molar-refractivity contribution in [2.75, 3.05) is 13.1 Å². The summed E-state index contributed by atoms with van der Waals surface area (Å²) < 4.78 is 0. The number of likely N-dealkylation sites (tertiary alicyclic amines) is 1. The molecule has 0 aromatic heterocycles. The first-order valence-corrected chi connectivity index (χ1v) is 4.73. The molecule has 1 fully saturated rings. The lowest BCUT2D eigenvalue weighted by Crippen LogP contribution is -2.41. The summed E-state index contributed by atoms with van der Waals surface area (Å²) >= 11 is 0. The van der Waals surface area contributed by atoms with Crippen molar-refractivity contribution in [3.63, 3.8) is 0 Å². The first-order valence-electron chi connectivity index (χ1n) is 4.73. The zero-order valence-electron chi connectivity index (χ0n) is 8.18. The summed E-state index contributed by atoms with van der Waals surface area (Å²) in [4.78, 5) is 33.5. The third kappa shape index (κ3) is 3.23. The SMILES string of the molecule is O=C(O)CC(=O)C1CCCN(C(=O)O)C1. The Labute approximate surface area is 86.5 Å². The molecule has 6 heteroatoms.